The Hall–Kier alpha value is -1.88. The minimum absolute atomic E-state index is 0.0356. The molecule has 1 aliphatic heterocycles. The number of carbonyl (C=O) groups is 2. The van der Waals surface area contributed by atoms with E-state index in [1.54, 1.807) is 4.90 Å². The van der Waals surface area contributed by atoms with E-state index in [1.807, 2.05) is 38.1 Å². The molecule has 1 heterocycles. The quantitative estimate of drug-likeness (QED) is 0.834. The van der Waals surface area contributed by atoms with Gasteiger partial charge in [-0.3, -0.25) is 9.59 Å². The van der Waals surface area contributed by atoms with Crippen molar-refractivity contribution in [2.24, 2.45) is 0 Å². The van der Waals surface area contributed by atoms with Crippen molar-refractivity contribution >= 4 is 11.8 Å². The maximum absolute atomic E-state index is 12.4. The molecule has 0 bridgehead atoms. The van der Waals surface area contributed by atoms with Crippen molar-refractivity contribution in [3.8, 4) is 0 Å². The molecule has 1 fully saturated rings. The van der Waals surface area contributed by atoms with Crippen LogP contribution in [0.15, 0.2) is 24.3 Å². The molecule has 1 saturated heterocycles. The van der Waals surface area contributed by atoms with Crippen molar-refractivity contribution in [1.82, 2.24) is 10.2 Å². The molecule has 2 rings (SSSR count). The normalized spacial score (nSPS) is 18.5. The molecular weight excluding hydrogens is 268 g/mol. The summed E-state index contributed by atoms with van der Waals surface area (Å²) in [5.74, 6) is -0.146. The third-order valence-corrected chi connectivity index (χ3v) is 3.68. The van der Waals surface area contributed by atoms with E-state index in [0.717, 1.165) is 11.1 Å². The van der Waals surface area contributed by atoms with Gasteiger partial charge in [-0.2, -0.15) is 0 Å². The van der Waals surface area contributed by atoms with Crippen molar-refractivity contribution < 1.29 is 14.3 Å². The monoisotopic (exact) mass is 290 g/mol. The highest BCUT2D eigenvalue weighted by atomic mass is 16.5. The molecule has 0 spiro atoms. The van der Waals surface area contributed by atoms with E-state index >= 15 is 0 Å². The van der Waals surface area contributed by atoms with Gasteiger partial charge in [0.05, 0.1) is 13.0 Å². The summed E-state index contributed by atoms with van der Waals surface area (Å²) in [6, 6.07) is 7.16. The van der Waals surface area contributed by atoms with Gasteiger partial charge in [-0.1, -0.05) is 24.3 Å². The van der Waals surface area contributed by atoms with Crippen LogP contribution in [0.3, 0.4) is 0 Å². The van der Waals surface area contributed by atoms with E-state index < -0.39 is 6.04 Å². The fraction of sp³-hybridized carbons (Fsp3) is 0.500. The number of aryl methyl sites for hydroxylation is 1. The van der Waals surface area contributed by atoms with Crippen LogP contribution in [-0.4, -0.2) is 43.0 Å². The first-order chi connectivity index (χ1) is 10.1. The molecule has 1 aromatic carbocycles. The van der Waals surface area contributed by atoms with Crippen LogP contribution >= 0.6 is 0 Å². The molecule has 21 heavy (non-hydrogen) atoms. The zero-order chi connectivity index (χ0) is 15.2. The minimum atomic E-state index is -0.533. The van der Waals surface area contributed by atoms with E-state index in [2.05, 4.69) is 5.32 Å². The van der Waals surface area contributed by atoms with Crippen LogP contribution in [0, 0.1) is 6.92 Å². The zero-order valence-electron chi connectivity index (χ0n) is 12.6. The summed E-state index contributed by atoms with van der Waals surface area (Å²) in [6.07, 6.45) is 0.309. The Morgan fingerprint density at radius 3 is 2.90 bits per heavy atom. The Bertz CT molecular complexity index is 516. The van der Waals surface area contributed by atoms with Crippen LogP contribution in [0.25, 0.3) is 0 Å². The lowest BCUT2D eigenvalue weighted by Crippen LogP contribution is -2.52. The van der Waals surface area contributed by atoms with Crippen LogP contribution in [-0.2, 0) is 14.3 Å². The Balaban J connectivity index is 2.19. The van der Waals surface area contributed by atoms with E-state index in [-0.39, 0.29) is 11.8 Å². The second kappa shape index (κ2) is 7.22. The smallest absolute Gasteiger partial charge is 0.247 e. The van der Waals surface area contributed by atoms with Crippen LogP contribution in [0.4, 0.5) is 0 Å². The number of carbonyl (C=O) groups excluding carboxylic acids is 2. The lowest BCUT2D eigenvalue weighted by molar-refractivity contribution is -0.144. The number of amides is 2. The van der Waals surface area contributed by atoms with Crippen molar-refractivity contribution in [3.63, 3.8) is 0 Å². The summed E-state index contributed by atoms with van der Waals surface area (Å²) in [5, 5.41) is 2.85. The number of nitrogens with zero attached hydrogens (tertiary/aromatic N) is 1. The first kappa shape index (κ1) is 15.5. The lowest BCUT2D eigenvalue weighted by atomic mass is 9.97. The van der Waals surface area contributed by atoms with E-state index in [0.29, 0.717) is 32.7 Å². The van der Waals surface area contributed by atoms with Gasteiger partial charge in [0.2, 0.25) is 11.8 Å². The average Bonchev–Trinajstić information content (AvgIpc) is 2.48. The second-order valence-electron chi connectivity index (χ2n) is 5.08. The summed E-state index contributed by atoms with van der Waals surface area (Å²) in [6.45, 7) is 5.88. The predicted octanol–water partition coefficient (Wildman–Crippen LogP) is 1.42. The maximum Gasteiger partial charge on any atom is 0.247 e. The number of ether oxygens (including phenoxy) is 1. The summed E-state index contributed by atoms with van der Waals surface area (Å²) in [5.41, 5.74) is 1.90. The van der Waals surface area contributed by atoms with Crippen LogP contribution in [0.2, 0.25) is 0 Å². The first-order valence-electron chi connectivity index (χ1n) is 7.35. The third kappa shape index (κ3) is 3.61. The summed E-state index contributed by atoms with van der Waals surface area (Å²) < 4.78 is 5.24. The molecule has 1 aliphatic rings. The van der Waals surface area contributed by atoms with E-state index in [9.17, 15) is 9.59 Å². The lowest BCUT2D eigenvalue weighted by Gasteiger charge is -2.36. The molecule has 2 amide bonds. The van der Waals surface area contributed by atoms with Crippen molar-refractivity contribution in [2.75, 3.05) is 26.3 Å². The van der Waals surface area contributed by atoms with Crippen molar-refractivity contribution in [1.29, 1.82) is 0 Å². The highest BCUT2D eigenvalue weighted by Crippen LogP contribution is 2.26. The fourth-order valence-electron chi connectivity index (χ4n) is 2.59. The van der Waals surface area contributed by atoms with Gasteiger partial charge < -0.3 is 15.0 Å². The third-order valence-electron chi connectivity index (χ3n) is 3.68. The van der Waals surface area contributed by atoms with Crippen LogP contribution in [0.5, 0.6) is 0 Å². The fourth-order valence-corrected chi connectivity index (χ4v) is 2.59. The molecule has 0 aliphatic carbocycles. The zero-order valence-corrected chi connectivity index (χ0v) is 12.6. The Labute approximate surface area is 125 Å². The SMILES string of the molecule is CCOCCC(=O)N1CCNC(=O)[C@H]1c1ccccc1C. The predicted molar refractivity (Wildman–Crippen MR) is 79.8 cm³/mol. The van der Waals surface area contributed by atoms with Gasteiger partial charge >= 0.3 is 0 Å². The number of piperazine rings is 1. The van der Waals surface area contributed by atoms with Gasteiger partial charge in [-0.05, 0) is 25.0 Å². The Morgan fingerprint density at radius 1 is 1.43 bits per heavy atom. The molecule has 1 atom stereocenters. The minimum Gasteiger partial charge on any atom is -0.381 e. The maximum atomic E-state index is 12.4. The molecule has 0 radical (unpaired) electrons. The van der Waals surface area contributed by atoms with Gasteiger partial charge in [0.25, 0.3) is 0 Å². The highest BCUT2D eigenvalue weighted by Gasteiger charge is 2.34. The van der Waals surface area contributed by atoms with E-state index in [1.165, 1.54) is 0 Å². The first-order valence-corrected chi connectivity index (χ1v) is 7.35. The molecular formula is C16H22N2O3. The largest absolute Gasteiger partial charge is 0.381 e. The Kier molecular flexibility index (Phi) is 5.33. The number of rotatable bonds is 5. The van der Waals surface area contributed by atoms with Crippen molar-refractivity contribution in [3.05, 3.63) is 35.4 Å². The summed E-state index contributed by atoms with van der Waals surface area (Å²) >= 11 is 0. The van der Waals surface area contributed by atoms with Crippen LogP contribution in [0.1, 0.15) is 30.5 Å². The van der Waals surface area contributed by atoms with Gasteiger partial charge in [0, 0.05) is 19.7 Å². The summed E-state index contributed by atoms with van der Waals surface area (Å²) in [7, 11) is 0. The number of hydrogen-bond acceptors (Lipinski definition) is 3. The molecule has 1 aromatic rings. The average molecular weight is 290 g/mol. The van der Waals surface area contributed by atoms with E-state index in [4.69, 9.17) is 4.74 Å². The van der Waals surface area contributed by atoms with Crippen LogP contribution < -0.4 is 5.32 Å². The molecule has 0 saturated carbocycles. The highest BCUT2D eigenvalue weighted by molar-refractivity contribution is 5.90. The van der Waals surface area contributed by atoms with Gasteiger partial charge in [-0.25, -0.2) is 0 Å². The van der Waals surface area contributed by atoms with Gasteiger partial charge in [0.15, 0.2) is 0 Å². The standard InChI is InChI=1S/C16H22N2O3/c1-3-21-11-8-14(19)18-10-9-17-16(20)15(18)13-7-5-4-6-12(13)2/h4-7,15H,3,8-11H2,1-2H3,(H,17,20)/t15-/m1/s1. The number of hydrogen-bond donors (Lipinski definition) is 1. The van der Waals surface area contributed by atoms with Gasteiger partial charge in [-0.15, -0.1) is 0 Å². The number of benzene rings is 1. The summed E-state index contributed by atoms with van der Waals surface area (Å²) in [4.78, 5) is 26.3. The molecule has 5 nitrogen and oxygen atoms in total. The topological polar surface area (TPSA) is 58.6 Å². The molecule has 114 valence electrons. The molecule has 0 unspecified atom stereocenters. The van der Waals surface area contributed by atoms with Crippen molar-refractivity contribution in [2.45, 2.75) is 26.3 Å². The second-order valence-corrected chi connectivity index (χ2v) is 5.08. The van der Waals surface area contributed by atoms with Gasteiger partial charge in [0.1, 0.15) is 6.04 Å². The molecule has 1 N–H and O–H groups in total. The molecule has 5 heteroatoms. The number of nitrogens with one attached hydrogen (secondary N) is 1. The Morgan fingerprint density at radius 2 is 2.19 bits per heavy atom. The molecule has 0 aromatic heterocycles.